The van der Waals surface area contributed by atoms with E-state index < -0.39 is 17.8 Å². The molecule has 1 aromatic heterocycles. The average Bonchev–Trinajstić information content (AvgIpc) is 3.27. The number of carbonyl (C=O) groups excluding carboxylic acids is 3. The van der Waals surface area contributed by atoms with E-state index in [0.29, 0.717) is 17.0 Å². The van der Waals surface area contributed by atoms with E-state index in [1.807, 2.05) is 18.2 Å². The van der Waals surface area contributed by atoms with Crippen LogP contribution in [0, 0.1) is 0 Å². The van der Waals surface area contributed by atoms with E-state index in [0.717, 1.165) is 5.39 Å². The van der Waals surface area contributed by atoms with Crippen LogP contribution in [0.3, 0.4) is 0 Å². The summed E-state index contributed by atoms with van der Waals surface area (Å²) in [7, 11) is 2.46. The molecular weight excluding hydrogens is 416 g/mol. The molecule has 1 aliphatic rings. The minimum absolute atomic E-state index is 0.0373. The zero-order valence-corrected chi connectivity index (χ0v) is 17.4. The molecule has 0 radical (unpaired) electrons. The van der Waals surface area contributed by atoms with Crippen LogP contribution in [-0.4, -0.2) is 45.4 Å². The molecule has 32 heavy (non-hydrogen) atoms. The summed E-state index contributed by atoms with van der Waals surface area (Å²) in [5, 5.41) is 3.61. The summed E-state index contributed by atoms with van der Waals surface area (Å²) in [6, 6.07) is 15.7. The minimum Gasteiger partial charge on any atom is -0.466 e. The molecule has 1 amide bonds. The van der Waals surface area contributed by atoms with Crippen molar-refractivity contribution in [1.29, 1.82) is 0 Å². The number of fused-ring (bicyclic) bond motifs is 1. The van der Waals surface area contributed by atoms with Gasteiger partial charge in [-0.1, -0.05) is 18.2 Å². The van der Waals surface area contributed by atoms with Gasteiger partial charge in [-0.25, -0.2) is 9.59 Å². The minimum atomic E-state index is -0.684. The summed E-state index contributed by atoms with van der Waals surface area (Å²) >= 11 is 0. The molecule has 164 valence electrons. The molecule has 0 unspecified atom stereocenters. The lowest BCUT2D eigenvalue weighted by Gasteiger charge is -2.31. The molecule has 1 N–H and O–H groups in total. The summed E-state index contributed by atoms with van der Waals surface area (Å²) in [6.07, 6.45) is 0. The molecule has 2 aromatic carbocycles. The number of amides is 1. The van der Waals surface area contributed by atoms with Crippen molar-refractivity contribution in [2.75, 3.05) is 37.8 Å². The van der Waals surface area contributed by atoms with Crippen LogP contribution in [0.1, 0.15) is 10.6 Å². The zero-order valence-electron chi connectivity index (χ0n) is 17.4. The Balaban J connectivity index is 1.56. The lowest BCUT2D eigenvalue weighted by molar-refractivity contribution is -0.140. The first kappa shape index (κ1) is 21.1. The summed E-state index contributed by atoms with van der Waals surface area (Å²) < 4.78 is 20.6. The fourth-order valence-electron chi connectivity index (χ4n) is 3.36. The first-order chi connectivity index (χ1) is 15.5. The van der Waals surface area contributed by atoms with Crippen molar-refractivity contribution in [2.45, 2.75) is 0 Å². The normalized spacial score (nSPS) is 13.8. The van der Waals surface area contributed by atoms with Crippen LogP contribution in [0.25, 0.3) is 11.0 Å². The van der Waals surface area contributed by atoms with Crippen molar-refractivity contribution in [3.05, 3.63) is 71.6 Å². The van der Waals surface area contributed by atoms with Crippen LogP contribution in [0.5, 0.6) is 0 Å². The van der Waals surface area contributed by atoms with Crippen LogP contribution < -0.4 is 10.2 Å². The van der Waals surface area contributed by atoms with Crippen LogP contribution in [0.4, 0.5) is 11.4 Å². The monoisotopic (exact) mass is 436 g/mol. The molecule has 0 bridgehead atoms. The van der Waals surface area contributed by atoms with Crippen molar-refractivity contribution < 1.29 is 33.0 Å². The molecule has 0 fully saturated rings. The maximum absolute atomic E-state index is 12.5. The van der Waals surface area contributed by atoms with Crippen molar-refractivity contribution >= 4 is 40.2 Å². The third kappa shape index (κ3) is 4.06. The van der Waals surface area contributed by atoms with Gasteiger partial charge in [-0.2, -0.15) is 0 Å². The Morgan fingerprint density at radius 3 is 2.38 bits per heavy atom. The molecule has 9 nitrogen and oxygen atoms in total. The third-order valence-electron chi connectivity index (χ3n) is 4.92. The molecule has 0 spiro atoms. The van der Waals surface area contributed by atoms with Gasteiger partial charge in [-0.3, -0.25) is 4.79 Å². The maximum Gasteiger partial charge on any atom is 0.355 e. The summed E-state index contributed by atoms with van der Waals surface area (Å²) in [5.41, 5.74) is 1.82. The molecule has 0 atom stereocenters. The van der Waals surface area contributed by atoms with Gasteiger partial charge in [0.25, 0.3) is 5.91 Å². The fraction of sp³-hybridized carbons (Fsp3) is 0.174. The number of carbonyl (C=O) groups is 3. The number of rotatable bonds is 5. The van der Waals surface area contributed by atoms with Crippen molar-refractivity contribution in [1.82, 2.24) is 0 Å². The van der Waals surface area contributed by atoms with Gasteiger partial charge in [0.15, 0.2) is 5.76 Å². The van der Waals surface area contributed by atoms with E-state index in [9.17, 15) is 14.4 Å². The molecule has 2 heterocycles. The highest BCUT2D eigenvalue weighted by Crippen LogP contribution is 2.28. The second kappa shape index (κ2) is 8.94. The highest BCUT2D eigenvalue weighted by molar-refractivity contribution is 6.05. The number of para-hydroxylation sites is 1. The Labute approximate surface area is 183 Å². The number of nitrogens with one attached hydrogen (secondary N) is 1. The fourth-order valence-corrected chi connectivity index (χ4v) is 3.36. The highest BCUT2D eigenvalue weighted by Gasteiger charge is 2.32. The third-order valence-corrected chi connectivity index (χ3v) is 4.92. The molecular formula is C23H20N2O7. The van der Waals surface area contributed by atoms with Gasteiger partial charge in [-0.15, -0.1) is 0 Å². The number of furan rings is 1. The van der Waals surface area contributed by atoms with Gasteiger partial charge in [0.05, 0.1) is 26.4 Å². The number of ether oxygens (including phenoxy) is 3. The molecule has 4 rings (SSSR count). The lowest BCUT2D eigenvalue weighted by atomic mass is 10.1. The Morgan fingerprint density at radius 1 is 0.969 bits per heavy atom. The lowest BCUT2D eigenvalue weighted by Crippen LogP contribution is -2.38. The second-order valence-electron chi connectivity index (χ2n) is 6.87. The molecule has 0 aliphatic carbocycles. The molecule has 0 saturated carbocycles. The maximum atomic E-state index is 12.5. The predicted molar refractivity (Wildman–Crippen MR) is 115 cm³/mol. The topological polar surface area (TPSA) is 107 Å². The summed E-state index contributed by atoms with van der Waals surface area (Å²) in [5.74, 6) is -1.56. The first-order valence-corrected chi connectivity index (χ1v) is 9.67. The van der Waals surface area contributed by atoms with Gasteiger partial charge in [0, 0.05) is 16.8 Å². The first-order valence-electron chi connectivity index (χ1n) is 9.67. The molecule has 9 heteroatoms. The Bertz CT molecular complexity index is 1180. The number of esters is 2. The highest BCUT2D eigenvalue weighted by atomic mass is 16.5. The largest absolute Gasteiger partial charge is 0.466 e. The molecule has 1 aliphatic heterocycles. The van der Waals surface area contributed by atoms with Crippen molar-refractivity contribution in [3.63, 3.8) is 0 Å². The van der Waals surface area contributed by atoms with E-state index in [1.54, 1.807) is 36.4 Å². The van der Waals surface area contributed by atoms with Gasteiger partial charge in [0.1, 0.15) is 18.0 Å². The Hall–Kier alpha value is -4.11. The van der Waals surface area contributed by atoms with Crippen LogP contribution >= 0.6 is 0 Å². The summed E-state index contributed by atoms with van der Waals surface area (Å²) in [6.45, 7) is -0.0329. The standard InChI is InChI=1S/C23H20N2O7/c1-29-22(27)17-12-31-13-25(20(17)23(28)30-2)16-9-7-15(8-10-16)24-21(26)19-11-14-5-3-4-6-18(14)32-19/h3-11H,12-13H2,1-2H3,(H,24,26). The average molecular weight is 436 g/mol. The number of benzene rings is 2. The SMILES string of the molecule is COC(=O)C1=C(C(=O)OC)N(c2ccc(NC(=O)c3cc4ccccc4o3)cc2)COC1. The van der Waals surface area contributed by atoms with E-state index >= 15 is 0 Å². The second-order valence-corrected chi connectivity index (χ2v) is 6.87. The molecule has 0 saturated heterocycles. The van der Waals surface area contributed by atoms with Crippen molar-refractivity contribution in [3.8, 4) is 0 Å². The van der Waals surface area contributed by atoms with Gasteiger partial charge >= 0.3 is 11.9 Å². The number of hydrogen-bond acceptors (Lipinski definition) is 8. The predicted octanol–water partition coefficient (Wildman–Crippen LogP) is 3.08. The Kier molecular flexibility index (Phi) is 5.91. The number of anilines is 2. The Morgan fingerprint density at radius 2 is 1.69 bits per heavy atom. The zero-order chi connectivity index (χ0) is 22.7. The molecule has 3 aromatic rings. The van der Waals surface area contributed by atoms with E-state index in [1.165, 1.54) is 19.1 Å². The van der Waals surface area contributed by atoms with Crippen molar-refractivity contribution in [2.24, 2.45) is 0 Å². The number of hydrogen-bond donors (Lipinski definition) is 1. The van der Waals surface area contributed by atoms with Gasteiger partial charge < -0.3 is 28.8 Å². The smallest absolute Gasteiger partial charge is 0.355 e. The van der Waals surface area contributed by atoms with E-state index in [2.05, 4.69) is 5.32 Å². The van der Waals surface area contributed by atoms with E-state index in [4.69, 9.17) is 18.6 Å². The number of nitrogens with zero attached hydrogens (tertiary/aromatic N) is 1. The van der Waals surface area contributed by atoms with E-state index in [-0.39, 0.29) is 30.4 Å². The quantitative estimate of drug-likeness (QED) is 0.608. The van der Waals surface area contributed by atoms with Crippen LogP contribution in [0.2, 0.25) is 0 Å². The van der Waals surface area contributed by atoms with Gasteiger partial charge in [-0.05, 0) is 36.4 Å². The summed E-state index contributed by atoms with van der Waals surface area (Å²) in [4.78, 5) is 38.5. The number of methoxy groups -OCH3 is 2. The van der Waals surface area contributed by atoms with Crippen LogP contribution in [-0.2, 0) is 23.8 Å². The van der Waals surface area contributed by atoms with Gasteiger partial charge in [0.2, 0.25) is 0 Å². The van der Waals surface area contributed by atoms with Crippen LogP contribution in [0.15, 0.2) is 70.3 Å².